The third-order valence-corrected chi connectivity index (χ3v) is 4.51. The number of hydrogen-bond donors (Lipinski definition) is 2. The second-order valence-corrected chi connectivity index (χ2v) is 6.55. The minimum atomic E-state index is 0.0355. The first-order valence-electron chi connectivity index (χ1n) is 9.04. The van der Waals surface area contributed by atoms with Crippen LogP contribution < -0.4 is 0 Å². The van der Waals surface area contributed by atoms with Gasteiger partial charge in [-0.3, -0.25) is 0 Å². The molecule has 2 N–H and O–H groups in total. The molecule has 3 aromatic rings. The maximum Gasteiger partial charge on any atom is 0.163 e. The van der Waals surface area contributed by atoms with Crippen molar-refractivity contribution in [1.29, 1.82) is 0 Å². The number of hydrogen-bond acceptors (Lipinski definition) is 4. The molecule has 0 unspecified atom stereocenters. The lowest BCUT2D eigenvalue weighted by atomic mass is 9.92. The number of aromatic hydroxyl groups is 2. The summed E-state index contributed by atoms with van der Waals surface area (Å²) >= 11 is 0. The van der Waals surface area contributed by atoms with E-state index in [2.05, 4.69) is 16.9 Å². The molecule has 0 fully saturated rings. The van der Waals surface area contributed by atoms with E-state index in [0.29, 0.717) is 17.0 Å². The van der Waals surface area contributed by atoms with E-state index in [-0.39, 0.29) is 11.5 Å². The molecule has 26 heavy (non-hydrogen) atoms. The van der Waals surface area contributed by atoms with Gasteiger partial charge in [0.1, 0.15) is 11.5 Å². The van der Waals surface area contributed by atoms with Crippen LogP contribution in [0.25, 0.3) is 22.5 Å². The zero-order valence-corrected chi connectivity index (χ0v) is 15.2. The van der Waals surface area contributed by atoms with E-state index >= 15 is 0 Å². The monoisotopic (exact) mass is 348 g/mol. The van der Waals surface area contributed by atoms with Crippen molar-refractivity contribution in [2.24, 2.45) is 0 Å². The number of nitrogens with zero attached hydrogens (tertiary/aromatic N) is 2. The van der Waals surface area contributed by atoms with Gasteiger partial charge in [-0.2, -0.15) is 0 Å². The molecule has 0 bridgehead atoms. The Bertz CT molecular complexity index is 892. The van der Waals surface area contributed by atoms with Crippen LogP contribution >= 0.6 is 0 Å². The Hall–Kier alpha value is -2.88. The van der Waals surface area contributed by atoms with E-state index in [0.717, 1.165) is 42.4 Å². The molecular formula is C22H24N2O2. The summed E-state index contributed by atoms with van der Waals surface area (Å²) in [5.74, 6) is 0.595. The summed E-state index contributed by atoms with van der Waals surface area (Å²) in [6.07, 6.45) is 7.27. The zero-order chi connectivity index (χ0) is 18.5. The van der Waals surface area contributed by atoms with Crippen molar-refractivity contribution in [3.8, 4) is 34.0 Å². The summed E-state index contributed by atoms with van der Waals surface area (Å²) in [5.41, 5.74) is 3.74. The van der Waals surface area contributed by atoms with Crippen LogP contribution in [0.5, 0.6) is 11.5 Å². The average Bonchev–Trinajstić information content (AvgIpc) is 2.62. The fraction of sp³-hybridized carbons (Fsp3) is 0.273. The number of benzene rings is 2. The Morgan fingerprint density at radius 3 is 2.38 bits per heavy atom. The van der Waals surface area contributed by atoms with Crippen LogP contribution in [0.2, 0.25) is 0 Å². The van der Waals surface area contributed by atoms with Crippen molar-refractivity contribution >= 4 is 0 Å². The highest BCUT2D eigenvalue weighted by Crippen LogP contribution is 2.45. The SMILES string of the molecule is CCCCCc1cc(O)c(-c2cccc(C)c2)c(O)c1-c1ncccn1. The van der Waals surface area contributed by atoms with Gasteiger partial charge in [-0.05, 0) is 43.0 Å². The Morgan fingerprint density at radius 1 is 0.923 bits per heavy atom. The maximum absolute atomic E-state index is 11.1. The van der Waals surface area contributed by atoms with E-state index in [1.54, 1.807) is 24.5 Å². The van der Waals surface area contributed by atoms with Crippen LogP contribution in [0.4, 0.5) is 0 Å². The quantitative estimate of drug-likeness (QED) is 0.596. The van der Waals surface area contributed by atoms with Gasteiger partial charge in [0.25, 0.3) is 0 Å². The van der Waals surface area contributed by atoms with Gasteiger partial charge in [0.2, 0.25) is 0 Å². The second kappa shape index (κ2) is 8.00. The summed E-state index contributed by atoms with van der Waals surface area (Å²) in [6, 6.07) is 11.2. The molecule has 4 nitrogen and oxygen atoms in total. The molecular weight excluding hydrogens is 324 g/mol. The van der Waals surface area contributed by atoms with E-state index in [9.17, 15) is 10.2 Å². The van der Waals surface area contributed by atoms with Crippen LogP contribution in [0.15, 0.2) is 48.8 Å². The van der Waals surface area contributed by atoms with Crippen molar-refractivity contribution in [3.05, 3.63) is 59.9 Å². The predicted molar refractivity (Wildman–Crippen MR) is 104 cm³/mol. The molecule has 134 valence electrons. The predicted octanol–water partition coefficient (Wildman–Crippen LogP) is 5.26. The van der Waals surface area contributed by atoms with Crippen molar-refractivity contribution in [1.82, 2.24) is 9.97 Å². The lowest BCUT2D eigenvalue weighted by molar-refractivity contribution is 0.453. The van der Waals surface area contributed by atoms with Gasteiger partial charge >= 0.3 is 0 Å². The van der Waals surface area contributed by atoms with Crippen LogP contribution in [-0.2, 0) is 6.42 Å². The summed E-state index contributed by atoms with van der Waals surface area (Å²) in [6.45, 7) is 4.13. The second-order valence-electron chi connectivity index (χ2n) is 6.55. The minimum absolute atomic E-state index is 0.0355. The van der Waals surface area contributed by atoms with E-state index in [1.165, 1.54) is 0 Å². The molecule has 0 aliphatic heterocycles. The first kappa shape index (κ1) is 17.9. The third-order valence-electron chi connectivity index (χ3n) is 4.51. The van der Waals surface area contributed by atoms with Gasteiger partial charge in [-0.25, -0.2) is 9.97 Å². The van der Waals surface area contributed by atoms with Gasteiger partial charge in [-0.1, -0.05) is 49.6 Å². The van der Waals surface area contributed by atoms with Crippen molar-refractivity contribution < 1.29 is 10.2 Å². The fourth-order valence-electron chi connectivity index (χ4n) is 3.23. The van der Waals surface area contributed by atoms with Crippen molar-refractivity contribution in [2.75, 3.05) is 0 Å². The Labute approximate surface area is 154 Å². The summed E-state index contributed by atoms with van der Waals surface area (Å²) < 4.78 is 0. The number of unbranched alkanes of at least 4 members (excludes halogenated alkanes) is 2. The molecule has 0 aliphatic carbocycles. The van der Waals surface area contributed by atoms with Crippen LogP contribution in [0.1, 0.15) is 37.3 Å². The van der Waals surface area contributed by atoms with E-state index in [4.69, 9.17) is 0 Å². The third kappa shape index (κ3) is 3.69. The molecule has 3 rings (SSSR count). The normalized spacial score (nSPS) is 10.8. The summed E-state index contributed by atoms with van der Waals surface area (Å²) in [4.78, 5) is 8.66. The summed E-state index contributed by atoms with van der Waals surface area (Å²) in [5, 5.41) is 21.7. The van der Waals surface area contributed by atoms with E-state index in [1.807, 2.05) is 31.2 Å². The highest BCUT2D eigenvalue weighted by molar-refractivity contribution is 5.86. The fourth-order valence-corrected chi connectivity index (χ4v) is 3.23. The maximum atomic E-state index is 11.1. The molecule has 1 heterocycles. The Morgan fingerprint density at radius 2 is 1.69 bits per heavy atom. The molecule has 4 heteroatoms. The van der Waals surface area contributed by atoms with Gasteiger partial charge in [0.05, 0.1) is 11.1 Å². The number of phenolic OH excluding ortho intramolecular Hbond substituents is 2. The largest absolute Gasteiger partial charge is 0.507 e. The Balaban J connectivity index is 2.19. The first-order valence-corrected chi connectivity index (χ1v) is 9.04. The van der Waals surface area contributed by atoms with Gasteiger partial charge in [0.15, 0.2) is 5.82 Å². The first-order chi connectivity index (χ1) is 12.6. The Kier molecular flexibility index (Phi) is 5.52. The smallest absolute Gasteiger partial charge is 0.163 e. The van der Waals surface area contributed by atoms with E-state index < -0.39 is 0 Å². The van der Waals surface area contributed by atoms with Crippen molar-refractivity contribution in [3.63, 3.8) is 0 Å². The molecule has 0 radical (unpaired) electrons. The highest BCUT2D eigenvalue weighted by atomic mass is 16.3. The van der Waals surface area contributed by atoms with Gasteiger partial charge in [0, 0.05) is 12.4 Å². The highest BCUT2D eigenvalue weighted by Gasteiger charge is 2.21. The molecule has 0 amide bonds. The number of phenols is 2. The molecule has 0 saturated heterocycles. The molecule has 0 saturated carbocycles. The molecule has 0 aliphatic rings. The van der Waals surface area contributed by atoms with Gasteiger partial charge in [-0.15, -0.1) is 0 Å². The molecule has 2 aromatic carbocycles. The van der Waals surface area contributed by atoms with Crippen LogP contribution in [0.3, 0.4) is 0 Å². The molecule has 0 atom stereocenters. The van der Waals surface area contributed by atoms with Gasteiger partial charge < -0.3 is 10.2 Å². The van der Waals surface area contributed by atoms with Crippen molar-refractivity contribution in [2.45, 2.75) is 39.5 Å². The number of aryl methyl sites for hydroxylation is 2. The molecule has 1 aromatic heterocycles. The minimum Gasteiger partial charge on any atom is -0.507 e. The lowest BCUT2D eigenvalue weighted by Crippen LogP contribution is -1.97. The number of rotatable bonds is 6. The topological polar surface area (TPSA) is 66.2 Å². The number of aromatic nitrogens is 2. The molecule has 0 spiro atoms. The van der Waals surface area contributed by atoms with Crippen LogP contribution in [-0.4, -0.2) is 20.2 Å². The standard InChI is InChI=1S/C22H24N2O2/c1-3-4-5-9-17-14-18(25)19(16-10-6-8-15(2)13-16)21(26)20(17)22-23-11-7-12-24-22/h6-8,10-14,25-26H,3-5,9H2,1-2H3. The van der Waals surface area contributed by atoms with Crippen LogP contribution in [0, 0.1) is 6.92 Å². The average molecular weight is 348 g/mol. The lowest BCUT2D eigenvalue weighted by Gasteiger charge is -2.16. The summed E-state index contributed by atoms with van der Waals surface area (Å²) in [7, 11) is 0. The zero-order valence-electron chi connectivity index (χ0n) is 15.2.